The molecule has 0 aliphatic carbocycles. The van der Waals surface area contributed by atoms with Crippen LogP contribution in [0.25, 0.3) is 0 Å². The van der Waals surface area contributed by atoms with Crippen LogP contribution in [0.2, 0.25) is 0 Å². The maximum absolute atomic E-state index is 11.9. The molecule has 2 N–H and O–H groups in total. The third-order valence-corrected chi connectivity index (χ3v) is 3.77. The lowest BCUT2D eigenvalue weighted by atomic mass is 10.1. The van der Waals surface area contributed by atoms with Gasteiger partial charge in [0.05, 0.1) is 0 Å². The molecule has 1 aromatic carbocycles. The number of aryl methyl sites for hydroxylation is 2. The number of likely N-dealkylation sites (N-methyl/N-ethyl adjacent to an activating group) is 1. The number of rotatable bonds is 3. The molecule has 0 saturated carbocycles. The fourth-order valence-corrected chi connectivity index (χ4v) is 2.11. The van der Waals surface area contributed by atoms with Crippen molar-refractivity contribution in [2.24, 2.45) is 0 Å². The second-order valence-electron chi connectivity index (χ2n) is 4.97. The van der Waals surface area contributed by atoms with E-state index in [0.29, 0.717) is 5.69 Å². The van der Waals surface area contributed by atoms with Crippen molar-refractivity contribution in [2.75, 3.05) is 19.4 Å². The highest BCUT2D eigenvalue weighted by Gasteiger charge is 2.17. The number of amides is 3. The summed E-state index contributed by atoms with van der Waals surface area (Å²) in [5.74, 6) is -0.151. The van der Waals surface area contributed by atoms with Crippen molar-refractivity contribution in [2.45, 2.75) is 26.8 Å². The van der Waals surface area contributed by atoms with Crippen LogP contribution in [0.4, 0.5) is 10.5 Å². The van der Waals surface area contributed by atoms with E-state index in [1.165, 1.54) is 4.90 Å². The van der Waals surface area contributed by atoms with E-state index < -0.39 is 12.1 Å². The van der Waals surface area contributed by atoms with E-state index >= 15 is 0 Å². The van der Waals surface area contributed by atoms with Crippen LogP contribution < -0.4 is 10.6 Å². The first kappa shape index (κ1) is 16.5. The van der Waals surface area contributed by atoms with E-state index in [1.807, 2.05) is 26.0 Å². The summed E-state index contributed by atoms with van der Waals surface area (Å²) in [5.41, 5.74) is 2.78. The van der Waals surface area contributed by atoms with E-state index in [9.17, 15) is 9.59 Å². The number of carbonyl (C=O) groups excluding carboxylic acids is 2. The van der Waals surface area contributed by atoms with Crippen LogP contribution in [0.5, 0.6) is 0 Å². The standard InChI is InChI=1S/C14H20BrN3O2/c1-8-6-9(2)12(7-11(8)15)17-14(20)16-10(3)13(19)18(4)5/h6-7,10H,1-5H3,(H2,16,17,20)/t10-/m0/s1. The van der Waals surface area contributed by atoms with Crippen LogP contribution in [-0.2, 0) is 4.79 Å². The normalized spacial score (nSPS) is 11.7. The summed E-state index contributed by atoms with van der Waals surface area (Å²) in [4.78, 5) is 25.0. The molecule has 0 aliphatic rings. The molecule has 6 heteroatoms. The largest absolute Gasteiger partial charge is 0.347 e. The Morgan fingerprint density at radius 1 is 1.20 bits per heavy atom. The molecule has 5 nitrogen and oxygen atoms in total. The number of nitrogens with one attached hydrogen (secondary N) is 2. The van der Waals surface area contributed by atoms with Gasteiger partial charge in [0, 0.05) is 24.3 Å². The minimum atomic E-state index is -0.570. The molecule has 1 aromatic rings. The van der Waals surface area contributed by atoms with Crippen molar-refractivity contribution in [1.82, 2.24) is 10.2 Å². The van der Waals surface area contributed by atoms with Gasteiger partial charge in [0.1, 0.15) is 6.04 Å². The summed E-state index contributed by atoms with van der Waals surface area (Å²) in [6.07, 6.45) is 0. The molecule has 0 bridgehead atoms. The summed E-state index contributed by atoms with van der Waals surface area (Å²) in [5, 5.41) is 5.37. The lowest BCUT2D eigenvalue weighted by Gasteiger charge is -2.19. The molecule has 0 heterocycles. The first-order valence-electron chi connectivity index (χ1n) is 6.27. The summed E-state index contributed by atoms with van der Waals surface area (Å²) in [6.45, 7) is 5.56. The second-order valence-corrected chi connectivity index (χ2v) is 5.82. The van der Waals surface area contributed by atoms with Crippen LogP contribution in [0.3, 0.4) is 0 Å². The molecule has 0 aromatic heterocycles. The van der Waals surface area contributed by atoms with Gasteiger partial charge in [-0.15, -0.1) is 0 Å². The van der Waals surface area contributed by atoms with Crippen molar-refractivity contribution in [1.29, 1.82) is 0 Å². The number of urea groups is 1. The molecule has 0 saturated heterocycles. The number of benzene rings is 1. The molecule has 1 atom stereocenters. The molecule has 0 fully saturated rings. The van der Waals surface area contributed by atoms with Crippen LogP contribution in [0.15, 0.2) is 16.6 Å². The Labute approximate surface area is 127 Å². The van der Waals surface area contributed by atoms with Crippen molar-refractivity contribution < 1.29 is 9.59 Å². The number of carbonyl (C=O) groups is 2. The lowest BCUT2D eigenvalue weighted by Crippen LogP contribution is -2.45. The summed E-state index contributed by atoms with van der Waals surface area (Å²) in [6, 6.07) is 2.86. The Balaban J connectivity index is 2.72. The van der Waals surface area contributed by atoms with E-state index in [1.54, 1.807) is 21.0 Å². The Hall–Kier alpha value is -1.56. The monoisotopic (exact) mass is 341 g/mol. The highest BCUT2D eigenvalue weighted by Crippen LogP contribution is 2.24. The molecule has 1 rings (SSSR count). The van der Waals surface area contributed by atoms with Gasteiger partial charge < -0.3 is 15.5 Å². The second kappa shape index (κ2) is 6.74. The van der Waals surface area contributed by atoms with Gasteiger partial charge in [-0.3, -0.25) is 4.79 Å². The van der Waals surface area contributed by atoms with Gasteiger partial charge >= 0.3 is 6.03 Å². The zero-order valence-electron chi connectivity index (χ0n) is 12.4. The molecule has 0 radical (unpaired) electrons. The highest BCUT2D eigenvalue weighted by atomic mass is 79.9. The fourth-order valence-electron chi connectivity index (χ4n) is 1.76. The predicted octanol–water partition coefficient (Wildman–Crippen LogP) is 2.66. The Morgan fingerprint density at radius 3 is 2.35 bits per heavy atom. The van der Waals surface area contributed by atoms with Crippen molar-refractivity contribution >= 4 is 33.6 Å². The number of hydrogen-bond acceptors (Lipinski definition) is 2. The first-order valence-corrected chi connectivity index (χ1v) is 7.07. The van der Waals surface area contributed by atoms with Crippen LogP contribution in [0.1, 0.15) is 18.1 Å². The van der Waals surface area contributed by atoms with E-state index in [0.717, 1.165) is 15.6 Å². The molecule has 0 spiro atoms. The minimum Gasteiger partial charge on any atom is -0.347 e. The third-order valence-electron chi connectivity index (χ3n) is 2.91. The highest BCUT2D eigenvalue weighted by molar-refractivity contribution is 9.10. The van der Waals surface area contributed by atoms with Gasteiger partial charge in [-0.05, 0) is 38.0 Å². The average molecular weight is 342 g/mol. The van der Waals surface area contributed by atoms with Gasteiger partial charge in [-0.25, -0.2) is 4.79 Å². The molecule has 0 unspecified atom stereocenters. The number of anilines is 1. The summed E-state index contributed by atoms with van der Waals surface area (Å²) >= 11 is 3.43. The quantitative estimate of drug-likeness (QED) is 0.887. The maximum atomic E-state index is 11.9. The van der Waals surface area contributed by atoms with Crippen molar-refractivity contribution in [3.63, 3.8) is 0 Å². The van der Waals surface area contributed by atoms with Gasteiger partial charge in [-0.2, -0.15) is 0 Å². The number of halogens is 1. The van der Waals surface area contributed by atoms with Crippen LogP contribution >= 0.6 is 15.9 Å². The predicted molar refractivity (Wildman–Crippen MR) is 83.9 cm³/mol. The van der Waals surface area contributed by atoms with Gasteiger partial charge in [0.25, 0.3) is 0 Å². The Bertz CT molecular complexity index is 529. The SMILES string of the molecule is Cc1cc(C)c(NC(=O)N[C@@H](C)C(=O)N(C)C)cc1Br. The molecular formula is C14H20BrN3O2. The lowest BCUT2D eigenvalue weighted by molar-refractivity contribution is -0.130. The topological polar surface area (TPSA) is 61.4 Å². The molecule has 0 aliphatic heterocycles. The smallest absolute Gasteiger partial charge is 0.319 e. The zero-order valence-corrected chi connectivity index (χ0v) is 14.0. The van der Waals surface area contributed by atoms with Gasteiger partial charge in [0.2, 0.25) is 5.91 Å². The molecule has 110 valence electrons. The summed E-state index contributed by atoms with van der Waals surface area (Å²) in [7, 11) is 3.30. The zero-order chi connectivity index (χ0) is 15.4. The van der Waals surface area contributed by atoms with Gasteiger partial charge in [0.15, 0.2) is 0 Å². The molecule has 20 heavy (non-hydrogen) atoms. The molecular weight excluding hydrogens is 322 g/mol. The average Bonchev–Trinajstić information content (AvgIpc) is 2.34. The Morgan fingerprint density at radius 2 is 1.80 bits per heavy atom. The summed E-state index contributed by atoms with van der Waals surface area (Å²) < 4.78 is 0.927. The van der Waals surface area contributed by atoms with Gasteiger partial charge in [-0.1, -0.05) is 22.0 Å². The van der Waals surface area contributed by atoms with E-state index in [4.69, 9.17) is 0 Å². The van der Waals surface area contributed by atoms with E-state index in [-0.39, 0.29) is 5.91 Å². The Kier molecular flexibility index (Phi) is 5.56. The van der Waals surface area contributed by atoms with Crippen molar-refractivity contribution in [3.8, 4) is 0 Å². The van der Waals surface area contributed by atoms with E-state index in [2.05, 4.69) is 26.6 Å². The number of nitrogens with zero attached hydrogens (tertiary/aromatic N) is 1. The third kappa shape index (κ3) is 4.23. The van der Waals surface area contributed by atoms with Crippen LogP contribution in [-0.4, -0.2) is 37.0 Å². The fraction of sp³-hybridized carbons (Fsp3) is 0.429. The first-order chi connectivity index (χ1) is 9.22. The minimum absolute atomic E-state index is 0.151. The van der Waals surface area contributed by atoms with Crippen LogP contribution in [0, 0.1) is 13.8 Å². The number of hydrogen-bond donors (Lipinski definition) is 2. The van der Waals surface area contributed by atoms with Crippen molar-refractivity contribution in [3.05, 3.63) is 27.7 Å². The molecule has 3 amide bonds. The maximum Gasteiger partial charge on any atom is 0.319 e.